The van der Waals surface area contributed by atoms with E-state index in [9.17, 15) is 20.0 Å². The van der Waals surface area contributed by atoms with E-state index in [4.69, 9.17) is 0 Å². The molecule has 0 aromatic heterocycles. The summed E-state index contributed by atoms with van der Waals surface area (Å²) in [6.45, 7) is 3.26. The van der Waals surface area contributed by atoms with E-state index >= 15 is 0 Å². The third-order valence-electron chi connectivity index (χ3n) is 2.68. The average molecular weight is 584 g/mol. The van der Waals surface area contributed by atoms with Crippen LogP contribution in [0.25, 0.3) is 0 Å². The van der Waals surface area contributed by atoms with E-state index in [-0.39, 0.29) is 77.2 Å². The first-order valence-corrected chi connectivity index (χ1v) is 6.29. The predicted octanol–water partition coefficient (Wildman–Crippen LogP) is -1.30. The fourth-order valence-electron chi connectivity index (χ4n) is 1.40. The molecular weight excluding hydrogens is 568 g/mol. The van der Waals surface area contributed by atoms with Crippen LogP contribution >= 0.6 is 24.8 Å². The van der Waals surface area contributed by atoms with Gasteiger partial charge in [-0.1, -0.05) is 24.2 Å². The van der Waals surface area contributed by atoms with Crippen LogP contribution in [0.5, 0.6) is 0 Å². The Bertz CT molecular complexity index is 595. The number of nitrogens with one attached hydrogen (secondary N) is 2. The molecule has 0 aromatic rings. The fraction of sp³-hybridized carbons (Fsp3) is 0.125. The number of halogens is 2. The van der Waals surface area contributed by atoms with Gasteiger partial charge in [-0.25, -0.2) is 0 Å². The van der Waals surface area contributed by atoms with Crippen LogP contribution in [0.3, 0.4) is 0 Å². The number of hydrogen-bond donors (Lipinski definition) is 2. The zero-order valence-corrected chi connectivity index (χ0v) is 18.3. The molecule has 2 N–H and O–H groups in total. The van der Waals surface area contributed by atoms with Gasteiger partial charge in [-0.15, -0.1) is 24.8 Å². The number of nitroso groups, excluding NO2 is 2. The summed E-state index contributed by atoms with van der Waals surface area (Å²) in [6, 6.07) is 0.926. The Morgan fingerprint density at radius 2 is 1.15 bits per heavy atom. The third-order valence-corrected chi connectivity index (χ3v) is 2.68. The van der Waals surface area contributed by atoms with Crippen LogP contribution in [-0.2, 0) is 40.8 Å². The van der Waals surface area contributed by atoms with Gasteiger partial charge in [0.05, 0.1) is 0 Å². The summed E-state index contributed by atoms with van der Waals surface area (Å²) in [6.07, 6.45) is 8.51. The molecule has 2 aliphatic rings. The van der Waals surface area contributed by atoms with Gasteiger partial charge in [0, 0.05) is 12.1 Å². The monoisotopic (exact) mass is 582 g/mol. The number of rotatable bonds is 4. The molecule has 0 radical (unpaired) electrons. The molecule has 0 saturated carbocycles. The minimum atomic E-state index is -0.104. The van der Waals surface area contributed by atoms with Gasteiger partial charge in [0.1, 0.15) is 0 Å². The molecule has 2 rings (SSSR count). The van der Waals surface area contributed by atoms with Gasteiger partial charge in [0.25, 0.3) is 0 Å². The van der Waals surface area contributed by atoms with Gasteiger partial charge in [0.15, 0.2) is 0 Å². The SMILES string of the molecule is C[C-]([NH+]=O)C1=C=CC([O-])=C[CH-]1.C[C-]([NH+]=O)C1=C=CC([O-])=C[CH-]1.Cl.Cl.[Pd+2].[Pd+2]. The molecule has 0 aliphatic heterocycles. The van der Waals surface area contributed by atoms with E-state index in [1.807, 2.05) is 0 Å². The van der Waals surface area contributed by atoms with Gasteiger partial charge in [-0.3, -0.25) is 24.0 Å². The van der Waals surface area contributed by atoms with Crippen LogP contribution < -0.4 is 20.6 Å². The zero-order valence-electron chi connectivity index (χ0n) is 13.5. The molecule has 0 bridgehead atoms. The van der Waals surface area contributed by atoms with Crippen LogP contribution in [0.4, 0.5) is 0 Å². The Kier molecular flexibility index (Phi) is 21.3. The van der Waals surface area contributed by atoms with Crippen LogP contribution in [0, 0.1) is 34.7 Å². The number of hydrogen-bond acceptors (Lipinski definition) is 4. The zero-order chi connectivity index (χ0) is 16.5. The van der Waals surface area contributed by atoms with Crippen molar-refractivity contribution in [1.82, 2.24) is 0 Å². The largest absolute Gasteiger partial charge is 2.00 e. The molecule has 0 atom stereocenters. The van der Waals surface area contributed by atoms with Crippen LogP contribution in [0.1, 0.15) is 13.8 Å². The van der Waals surface area contributed by atoms with Crippen molar-refractivity contribution in [1.29, 1.82) is 0 Å². The van der Waals surface area contributed by atoms with Crippen LogP contribution in [0.2, 0.25) is 0 Å². The van der Waals surface area contributed by atoms with E-state index in [2.05, 4.69) is 11.5 Å². The standard InChI is InChI=1S/2C8H8NO2.2ClH.2Pd/c2*1-6(9-11)7-2-4-8(10)5-3-7;;;;/h2*2,4-5,9-10H,1H3;2*1H;;/q2*-1;;;2*+2/p-2. The van der Waals surface area contributed by atoms with Gasteiger partial charge in [-0.2, -0.15) is 35.8 Å². The van der Waals surface area contributed by atoms with Gasteiger partial charge in [0.2, 0.25) is 0 Å². The molecule has 0 saturated heterocycles. The topological polar surface area (TPSA) is 108 Å². The summed E-state index contributed by atoms with van der Waals surface area (Å²) >= 11 is 0. The molecular formula is C16H16Cl2N2O4Pd2. The van der Waals surface area contributed by atoms with E-state index in [1.165, 1.54) is 24.3 Å². The fourth-order valence-corrected chi connectivity index (χ4v) is 1.40. The Hall–Kier alpha value is -1.30. The second kappa shape index (κ2) is 17.1. The molecule has 0 heterocycles. The Labute approximate surface area is 192 Å². The Balaban J connectivity index is -0.000000161. The number of allylic oxidation sites excluding steroid dienone is 4. The van der Waals surface area contributed by atoms with Gasteiger partial charge in [-0.05, 0) is 9.81 Å². The summed E-state index contributed by atoms with van der Waals surface area (Å²) in [4.78, 5) is 20.3. The summed E-state index contributed by atoms with van der Waals surface area (Å²) in [5, 5.41) is 24.7. The van der Waals surface area contributed by atoms with Gasteiger partial charge >= 0.3 is 40.8 Å². The molecule has 148 valence electrons. The Morgan fingerprint density at radius 3 is 1.35 bits per heavy atom. The minimum absolute atomic E-state index is 0. The van der Waals surface area contributed by atoms with E-state index in [1.54, 1.807) is 37.0 Å². The van der Waals surface area contributed by atoms with E-state index < -0.39 is 0 Å². The predicted molar refractivity (Wildman–Crippen MR) is 88.9 cm³/mol. The van der Waals surface area contributed by atoms with Crippen LogP contribution in [0.15, 0.2) is 58.4 Å². The first-order valence-electron chi connectivity index (χ1n) is 6.29. The van der Waals surface area contributed by atoms with Crippen molar-refractivity contribution in [3.63, 3.8) is 0 Å². The van der Waals surface area contributed by atoms with E-state index in [0.29, 0.717) is 23.2 Å². The smallest absolute Gasteiger partial charge is 0.875 e. The molecule has 6 nitrogen and oxygen atoms in total. The van der Waals surface area contributed by atoms with Crippen molar-refractivity contribution in [2.24, 2.45) is 0 Å². The Morgan fingerprint density at radius 1 is 0.846 bits per heavy atom. The second-order valence-electron chi connectivity index (χ2n) is 4.33. The molecule has 10 heteroatoms. The summed E-state index contributed by atoms with van der Waals surface area (Å²) in [7, 11) is 0. The van der Waals surface area contributed by atoms with Crippen molar-refractivity contribution in [2.75, 3.05) is 0 Å². The molecule has 0 aromatic carbocycles. The molecule has 0 fully saturated rings. The average Bonchev–Trinajstić information content (AvgIpc) is 2.55. The molecule has 26 heavy (non-hydrogen) atoms. The third kappa shape index (κ3) is 11.3. The van der Waals surface area contributed by atoms with Crippen molar-refractivity contribution >= 4 is 24.8 Å². The maximum Gasteiger partial charge on any atom is 2.00 e. The quantitative estimate of drug-likeness (QED) is 0.244. The molecule has 0 unspecified atom stereocenters. The first-order chi connectivity index (χ1) is 10.5. The van der Waals surface area contributed by atoms with Crippen LogP contribution in [-0.4, -0.2) is 0 Å². The summed E-state index contributed by atoms with van der Waals surface area (Å²) in [5.41, 5.74) is 6.60. The summed E-state index contributed by atoms with van der Waals surface area (Å²) in [5.74, 6) is -0.208. The summed E-state index contributed by atoms with van der Waals surface area (Å²) < 4.78 is 0. The molecule has 0 amide bonds. The minimum Gasteiger partial charge on any atom is -0.875 e. The second-order valence-corrected chi connectivity index (χ2v) is 4.33. The van der Waals surface area contributed by atoms with Crippen molar-refractivity contribution < 1.29 is 61.4 Å². The van der Waals surface area contributed by atoms with Crippen molar-refractivity contribution in [3.05, 3.63) is 93.2 Å². The van der Waals surface area contributed by atoms with Crippen molar-refractivity contribution in [2.45, 2.75) is 13.8 Å². The maximum atomic E-state index is 10.6. The van der Waals surface area contributed by atoms with Gasteiger partial charge < -0.3 is 21.7 Å². The maximum absolute atomic E-state index is 10.6. The molecule has 2 aliphatic carbocycles. The van der Waals surface area contributed by atoms with Crippen molar-refractivity contribution in [3.8, 4) is 0 Å². The molecule has 0 spiro atoms. The van der Waals surface area contributed by atoms with E-state index in [0.717, 1.165) is 0 Å². The normalized spacial score (nSPS) is 12.4. The first kappa shape index (κ1) is 32.4.